The van der Waals surface area contributed by atoms with Crippen LogP contribution in [0, 0.1) is 0 Å². The highest BCUT2D eigenvalue weighted by molar-refractivity contribution is 7.91. The van der Waals surface area contributed by atoms with Crippen LogP contribution in [0.5, 0.6) is 0 Å². The number of carbonyl (C=O) groups excluding carboxylic acids is 1. The van der Waals surface area contributed by atoms with Crippen LogP contribution in [0.15, 0.2) is 0 Å². The number of ether oxygens (including phenoxy) is 1. The molecule has 0 spiro atoms. The number of nitrogens with one attached hydrogen (secondary N) is 1. The maximum absolute atomic E-state index is 12.4. The number of hydrogen-bond donors (Lipinski definition) is 2. The lowest BCUT2D eigenvalue weighted by molar-refractivity contribution is -0.167. The standard InChI is InChI=1S/C13H24N2O5S/c1-13(2)9-15(6-11(7-16)20-13)12(17)5-10-8-21(18,19)4-3-14-10/h10-11,14,16H,3-9H2,1-2H3. The van der Waals surface area contributed by atoms with Crippen molar-refractivity contribution in [1.82, 2.24) is 10.2 Å². The van der Waals surface area contributed by atoms with Crippen molar-refractivity contribution in [2.45, 2.75) is 38.0 Å². The maximum Gasteiger partial charge on any atom is 0.224 e. The zero-order chi connectivity index (χ0) is 15.7. The lowest BCUT2D eigenvalue weighted by Crippen LogP contribution is -2.57. The van der Waals surface area contributed by atoms with Crippen LogP contribution in [0.4, 0.5) is 0 Å². The first kappa shape index (κ1) is 16.7. The quantitative estimate of drug-likeness (QED) is 0.675. The van der Waals surface area contributed by atoms with E-state index in [9.17, 15) is 18.3 Å². The molecule has 0 aromatic carbocycles. The summed E-state index contributed by atoms with van der Waals surface area (Å²) in [4.78, 5) is 14.0. The Balaban J connectivity index is 1.96. The van der Waals surface area contributed by atoms with E-state index >= 15 is 0 Å². The summed E-state index contributed by atoms with van der Waals surface area (Å²) in [5.74, 6) is 0.0459. The van der Waals surface area contributed by atoms with Crippen molar-refractivity contribution in [2.75, 3.05) is 37.7 Å². The van der Waals surface area contributed by atoms with Gasteiger partial charge in [0.15, 0.2) is 9.84 Å². The van der Waals surface area contributed by atoms with Gasteiger partial charge in [0.05, 0.1) is 29.8 Å². The predicted octanol–water partition coefficient (Wildman–Crippen LogP) is -1.24. The molecule has 0 saturated carbocycles. The topological polar surface area (TPSA) is 95.9 Å². The highest BCUT2D eigenvalue weighted by atomic mass is 32.2. The molecule has 122 valence electrons. The molecule has 7 nitrogen and oxygen atoms in total. The van der Waals surface area contributed by atoms with Crippen molar-refractivity contribution in [3.8, 4) is 0 Å². The van der Waals surface area contributed by atoms with Gasteiger partial charge in [-0.2, -0.15) is 0 Å². The molecule has 2 saturated heterocycles. The maximum atomic E-state index is 12.4. The van der Waals surface area contributed by atoms with Crippen LogP contribution in [0.1, 0.15) is 20.3 Å². The molecular formula is C13H24N2O5S. The minimum Gasteiger partial charge on any atom is -0.394 e. The molecule has 21 heavy (non-hydrogen) atoms. The predicted molar refractivity (Wildman–Crippen MR) is 77.7 cm³/mol. The van der Waals surface area contributed by atoms with Gasteiger partial charge in [-0.1, -0.05) is 0 Å². The fourth-order valence-corrected chi connectivity index (χ4v) is 4.36. The Morgan fingerprint density at radius 2 is 2.19 bits per heavy atom. The minimum atomic E-state index is -3.04. The smallest absolute Gasteiger partial charge is 0.224 e. The Morgan fingerprint density at radius 1 is 1.48 bits per heavy atom. The normalized spacial score (nSPS) is 31.9. The number of sulfone groups is 1. The van der Waals surface area contributed by atoms with Gasteiger partial charge in [-0.05, 0) is 13.8 Å². The van der Waals surface area contributed by atoms with E-state index in [1.165, 1.54) is 0 Å². The Hall–Kier alpha value is -0.700. The van der Waals surface area contributed by atoms with Crippen molar-refractivity contribution in [2.24, 2.45) is 0 Å². The van der Waals surface area contributed by atoms with Crippen LogP contribution in [0.3, 0.4) is 0 Å². The number of rotatable bonds is 3. The van der Waals surface area contributed by atoms with Gasteiger partial charge in [-0.15, -0.1) is 0 Å². The number of aliphatic hydroxyl groups is 1. The van der Waals surface area contributed by atoms with Crippen LogP contribution in [0.2, 0.25) is 0 Å². The minimum absolute atomic E-state index is 0.00982. The second-order valence-corrected chi connectivity index (χ2v) is 8.65. The van der Waals surface area contributed by atoms with Gasteiger partial charge in [-0.25, -0.2) is 8.42 Å². The Morgan fingerprint density at radius 3 is 2.81 bits per heavy atom. The molecular weight excluding hydrogens is 296 g/mol. The van der Waals surface area contributed by atoms with Crippen molar-refractivity contribution in [3.05, 3.63) is 0 Å². The molecule has 0 aliphatic carbocycles. The van der Waals surface area contributed by atoms with E-state index in [2.05, 4.69) is 5.32 Å². The Bertz CT molecular complexity index is 491. The van der Waals surface area contributed by atoms with Gasteiger partial charge in [-0.3, -0.25) is 4.79 Å². The molecule has 0 aromatic heterocycles. The van der Waals surface area contributed by atoms with Crippen LogP contribution in [-0.4, -0.2) is 79.8 Å². The van der Waals surface area contributed by atoms with E-state index in [0.717, 1.165) is 0 Å². The first-order chi connectivity index (χ1) is 9.71. The van der Waals surface area contributed by atoms with E-state index in [4.69, 9.17) is 4.74 Å². The zero-order valence-electron chi connectivity index (χ0n) is 12.5. The van der Waals surface area contributed by atoms with Crippen LogP contribution in [-0.2, 0) is 19.4 Å². The molecule has 0 aromatic rings. The molecule has 2 atom stereocenters. The van der Waals surface area contributed by atoms with Gasteiger partial charge in [0.1, 0.15) is 0 Å². The van der Waals surface area contributed by atoms with Crippen molar-refractivity contribution in [3.63, 3.8) is 0 Å². The summed E-state index contributed by atoms with van der Waals surface area (Å²) in [6.07, 6.45) is -0.228. The fourth-order valence-electron chi connectivity index (χ4n) is 2.92. The van der Waals surface area contributed by atoms with E-state index in [0.29, 0.717) is 19.6 Å². The Kier molecular flexibility index (Phi) is 4.92. The van der Waals surface area contributed by atoms with E-state index in [-0.39, 0.29) is 42.6 Å². The average molecular weight is 320 g/mol. The van der Waals surface area contributed by atoms with Crippen molar-refractivity contribution < 1.29 is 23.1 Å². The van der Waals surface area contributed by atoms with Gasteiger partial charge >= 0.3 is 0 Å². The van der Waals surface area contributed by atoms with Crippen molar-refractivity contribution in [1.29, 1.82) is 0 Å². The first-order valence-electron chi connectivity index (χ1n) is 7.21. The molecule has 0 radical (unpaired) electrons. The molecule has 0 bridgehead atoms. The fraction of sp³-hybridized carbons (Fsp3) is 0.923. The highest BCUT2D eigenvalue weighted by Gasteiger charge is 2.36. The summed E-state index contributed by atoms with van der Waals surface area (Å²) < 4.78 is 28.9. The molecule has 2 aliphatic rings. The zero-order valence-corrected chi connectivity index (χ0v) is 13.4. The molecule has 1 amide bonds. The van der Waals surface area contributed by atoms with Gasteiger partial charge in [0, 0.05) is 32.1 Å². The molecule has 2 aliphatic heterocycles. The molecule has 8 heteroatoms. The highest BCUT2D eigenvalue weighted by Crippen LogP contribution is 2.22. The SMILES string of the molecule is CC1(C)CN(C(=O)CC2CS(=O)(=O)CCN2)CC(CO)O1. The van der Waals surface area contributed by atoms with Crippen LogP contribution >= 0.6 is 0 Å². The summed E-state index contributed by atoms with van der Waals surface area (Å²) in [5, 5.41) is 12.3. The van der Waals surface area contributed by atoms with Crippen molar-refractivity contribution >= 4 is 15.7 Å². The summed E-state index contributed by atoms with van der Waals surface area (Å²) in [5.41, 5.74) is -0.507. The first-order valence-corrected chi connectivity index (χ1v) is 9.03. The number of carbonyl (C=O) groups is 1. The second kappa shape index (κ2) is 6.20. The summed E-state index contributed by atoms with van der Waals surface area (Å²) in [6, 6.07) is -0.324. The van der Waals surface area contributed by atoms with Gasteiger partial charge < -0.3 is 20.1 Å². The molecule has 2 N–H and O–H groups in total. The number of hydrogen-bond acceptors (Lipinski definition) is 6. The van der Waals surface area contributed by atoms with Gasteiger partial charge in [0.2, 0.25) is 5.91 Å². The lowest BCUT2D eigenvalue weighted by Gasteiger charge is -2.42. The van der Waals surface area contributed by atoms with Crippen LogP contribution < -0.4 is 5.32 Å². The van der Waals surface area contributed by atoms with E-state index in [1.54, 1.807) is 4.90 Å². The summed E-state index contributed by atoms with van der Waals surface area (Å²) in [7, 11) is -3.04. The summed E-state index contributed by atoms with van der Waals surface area (Å²) >= 11 is 0. The van der Waals surface area contributed by atoms with Crippen LogP contribution in [0.25, 0.3) is 0 Å². The molecule has 2 unspecified atom stereocenters. The number of morpholine rings is 1. The third-order valence-electron chi connectivity index (χ3n) is 3.76. The monoisotopic (exact) mass is 320 g/mol. The number of nitrogens with zero attached hydrogens (tertiary/aromatic N) is 1. The average Bonchev–Trinajstić information content (AvgIpc) is 2.35. The second-order valence-electron chi connectivity index (χ2n) is 6.43. The lowest BCUT2D eigenvalue weighted by atomic mass is 10.0. The van der Waals surface area contributed by atoms with E-state index < -0.39 is 15.4 Å². The number of aliphatic hydroxyl groups excluding tert-OH is 1. The third-order valence-corrected chi connectivity index (χ3v) is 5.50. The molecule has 2 fully saturated rings. The third kappa shape index (κ3) is 4.64. The largest absolute Gasteiger partial charge is 0.394 e. The van der Waals surface area contributed by atoms with Gasteiger partial charge in [0.25, 0.3) is 0 Å². The number of amides is 1. The van der Waals surface area contributed by atoms with E-state index in [1.807, 2.05) is 13.8 Å². The molecule has 2 heterocycles. The Labute approximate surface area is 125 Å². The molecule has 2 rings (SSSR count). The summed E-state index contributed by atoms with van der Waals surface area (Å²) in [6.45, 7) is 4.80.